The van der Waals surface area contributed by atoms with Crippen LogP contribution in [0.4, 0.5) is 11.4 Å². The number of imide groups is 1. The number of nitrogens with one attached hydrogen (secondary N) is 1. The van der Waals surface area contributed by atoms with E-state index in [9.17, 15) is 9.59 Å². The van der Waals surface area contributed by atoms with Crippen molar-refractivity contribution in [2.45, 2.75) is 20.8 Å². The summed E-state index contributed by atoms with van der Waals surface area (Å²) in [5.74, 6) is -0.456. The van der Waals surface area contributed by atoms with Crippen molar-refractivity contribution in [2.24, 2.45) is 0 Å². The average molecular weight is 371 g/mol. The minimum Gasteiger partial charge on any atom is -0.492 e. The van der Waals surface area contributed by atoms with E-state index in [4.69, 9.17) is 16.3 Å². The van der Waals surface area contributed by atoms with Gasteiger partial charge in [-0.3, -0.25) is 9.59 Å². The van der Waals surface area contributed by atoms with Crippen LogP contribution < -0.4 is 15.0 Å². The third-order valence-corrected chi connectivity index (χ3v) is 4.57. The number of halogens is 1. The van der Waals surface area contributed by atoms with Crippen molar-refractivity contribution >= 4 is 34.8 Å². The van der Waals surface area contributed by atoms with Crippen molar-refractivity contribution in [3.05, 3.63) is 64.3 Å². The number of ether oxygens (including phenoxy) is 1. The molecular weight excluding hydrogens is 352 g/mol. The highest BCUT2D eigenvalue weighted by Gasteiger charge is 2.39. The van der Waals surface area contributed by atoms with Gasteiger partial charge >= 0.3 is 0 Å². The number of para-hydroxylation sites is 2. The van der Waals surface area contributed by atoms with Crippen LogP contribution in [0, 0.1) is 13.8 Å². The van der Waals surface area contributed by atoms with E-state index in [1.54, 1.807) is 24.3 Å². The molecule has 134 valence electrons. The second-order valence-electron chi connectivity index (χ2n) is 5.96. The van der Waals surface area contributed by atoms with Gasteiger partial charge < -0.3 is 10.1 Å². The van der Waals surface area contributed by atoms with Crippen LogP contribution in [-0.4, -0.2) is 18.4 Å². The monoisotopic (exact) mass is 370 g/mol. The maximum Gasteiger partial charge on any atom is 0.283 e. The van der Waals surface area contributed by atoms with Crippen LogP contribution in [0.2, 0.25) is 0 Å². The Bertz CT molecular complexity index is 921. The number of amides is 2. The zero-order valence-electron chi connectivity index (χ0n) is 14.8. The molecule has 0 fully saturated rings. The summed E-state index contributed by atoms with van der Waals surface area (Å²) in [6.45, 7) is 6.24. The number of aryl methyl sites for hydroxylation is 2. The van der Waals surface area contributed by atoms with E-state index in [0.717, 1.165) is 16.0 Å². The Hall–Kier alpha value is -2.79. The predicted molar refractivity (Wildman–Crippen MR) is 103 cm³/mol. The van der Waals surface area contributed by atoms with Crippen molar-refractivity contribution < 1.29 is 14.3 Å². The average Bonchev–Trinajstić information content (AvgIpc) is 2.83. The lowest BCUT2D eigenvalue weighted by Crippen LogP contribution is -2.32. The Labute approximate surface area is 157 Å². The second kappa shape index (κ2) is 7.22. The van der Waals surface area contributed by atoms with Gasteiger partial charge in [0.2, 0.25) is 0 Å². The number of benzene rings is 2. The summed E-state index contributed by atoms with van der Waals surface area (Å²) < 4.78 is 5.55. The van der Waals surface area contributed by atoms with Crippen LogP contribution in [0.15, 0.2) is 53.2 Å². The molecule has 0 saturated heterocycles. The van der Waals surface area contributed by atoms with Crippen molar-refractivity contribution in [1.29, 1.82) is 0 Å². The van der Waals surface area contributed by atoms with Gasteiger partial charge in [0.05, 0.1) is 18.0 Å². The summed E-state index contributed by atoms with van der Waals surface area (Å²) >= 11 is 6.18. The highest BCUT2D eigenvalue weighted by atomic mass is 35.5. The Kier molecular flexibility index (Phi) is 5.00. The van der Waals surface area contributed by atoms with Gasteiger partial charge in [0.15, 0.2) is 0 Å². The molecule has 1 heterocycles. The van der Waals surface area contributed by atoms with Crippen molar-refractivity contribution in [3.63, 3.8) is 0 Å². The zero-order chi connectivity index (χ0) is 18.8. The highest BCUT2D eigenvalue weighted by Crippen LogP contribution is 2.33. The summed E-state index contributed by atoms with van der Waals surface area (Å²) in [6.07, 6.45) is 0. The van der Waals surface area contributed by atoms with E-state index in [-0.39, 0.29) is 10.7 Å². The maximum absolute atomic E-state index is 12.9. The van der Waals surface area contributed by atoms with Gasteiger partial charge in [-0.05, 0) is 56.2 Å². The van der Waals surface area contributed by atoms with Crippen LogP contribution in [0.3, 0.4) is 0 Å². The van der Waals surface area contributed by atoms with Gasteiger partial charge in [0.25, 0.3) is 11.8 Å². The Balaban J connectivity index is 1.93. The van der Waals surface area contributed by atoms with Gasteiger partial charge in [-0.1, -0.05) is 29.8 Å². The Morgan fingerprint density at radius 3 is 2.46 bits per heavy atom. The molecule has 0 aliphatic carbocycles. The molecule has 26 heavy (non-hydrogen) atoms. The van der Waals surface area contributed by atoms with Gasteiger partial charge in [0, 0.05) is 0 Å². The Morgan fingerprint density at radius 2 is 1.77 bits per heavy atom. The number of rotatable bonds is 5. The standard InChI is InChI=1S/C20H19ClN2O3/c1-4-26-16-8-6-5-7-15(16)22-18-17(21)19(24)23(20(18)25)14-10-9-12(2)13(3)11-14/h5-11,22H,4H2,1-3H3. The summed E-state index contributed by atoms with van der Waals surface area (Å²) in [4.78, 5) is 26.5. The molecular formula is C20H19ClN2O3. The van der Waals surface area contributed by atoms with Gasteiger partial charge in [0.1, 0.15) is 16.5 Å². The number of carbonyl (C=O) groups is 2. The predicted octanol–water partition coefficient (Wildman–Crippen LogP) is 4.14. The van der Waals surface area contributed by atoms with E-state index in [2.05, 4.69) is 5.32 Å². The molecule has 1 aliphatic rings. The summed E-state index contributed by atoms with van der Waals surface area (Å²) in [7, 11) is 0. The quantitative estimate of drug-likeness (QED) is 0.804. The second-order valence-corrected chi connectivity index (χ2v) is 6.34. The van der Waals surface area contributed by atoms with E-state index in [1.807, 2.05) is 39.0 Å². The number of carbonyl (C=O) groups excluding carboxylic acids is 2. The normalized spacial score (nSPS) is 14.2. The first-order valence-electron chi connectivity index (χ1n) is 8.28. The molecule has 2 amide bonds. The molecule has 2 aromatic carbocycles. The lowest BCUT2D eigenvalue weighted by molar-refractivity contribution is -0.120. The molecule has 1 N–H and O–H groups in total. The fraction of sp³-hybridized carbons (Fsp3) is 0.200. The minimum absolute atomic E-state index is 0.0436. The highest BCUT2D eigenvalue weighted by molar-refractivity contribution is 6.53. The molecule has 3 rings (SSSR count). The van der Waals surface area contributed by atoms with Gasteiger partial charge in [-0.25, -0.2) is 4.90 Å². The zero-order valence-corrected chi connectivity index (χ0v) is 15.6. The van der Waals surface area contributed by atoms with Crippen LogP contribution >= 0.6 is 11.6 Å². The van der Waals surface area contributed by atoms with Gasteiger partial charge in [-0.2, -0.15) is 0 Å². The van der Waals surface area contributed by atoms with Crippen molar-refractivity contribution in [3.8, 4) is 5.75 Å². The van der Waals surface area contributed by atoms with Crippen LogP contribution in [0.1, 0.15) is 18.1 Å². The van der Waals surface area contributed by atoms with Crippen LogP contribution in [-0.2, 0) is 9.59 Å². The fourth-order valence-corrected chi connectivity index (χ4v) is 2.91. The smallest absolute Gasteiger partial charge is 0.283 e. The third kappa shape index (κ3) is 3.18. The number of hydrogen-bond donors (Lipinski definition) is 1. The summed E-state index contributed by atoms with van der Waals surface area (Å²) in [6, 6.07) is 12.6. The molecule has 0 saturated carbocycles. The molecule has 2 aromatic rings. The Morgan fingerprint density at radius 1 is 1.04 bits per heavy atom. The SMILES string of the molecule is CCOc1ccccc1NC1=C(Cl)C(=O)N(c2ccc(C)c(C)c2)C1=O. The molecule has 0 bridgehead atoms. The third-order valence-electron chi connectivity index (χ3n) is 4.22. The number of anilines is 2. The van der Waals surface area contributed by atoms with Crippen LogP contribution in [0.5, 0.6) is 5.75 Å². The molecule has 1 aliphatic heterocycles. The summed E-state index contributed by atoms with van der Waals surface area (Å²) in [5, 5.41) is 2.82. The lowest BCUT2D eigenvalue weighted by Gasteiger charge is -2.17. The molecule has 0 spiro atoms. The topological polar surface area (TPSA) is 58.6 Å². The molecule has 5 nitrogen and oxygen atoms in total. The minimum atomic E-state index is -0.545. The van der Waals surface area contributed by atoms with E-state index >= 15 is 0 Å². The molecule has 0 unspecified atom stereocenters. The maximum atomic E-state index is 12.9. The van der Waals surface area contributed by atoms with Crippen molar-refractivity contribution in [2.75, 3.05) is 16.8 Å². The van der Waals surface area contributed by atoms with Crippen molar-refractivity contribution in [1.82, 2.24) is 0 Å². The number of hydrogen-bond acceptors (Lipinski definition) is 4. The molecule has 0 atom stereocenters. The first-order valence-corrected chi connectivity index (χ1v) is 8.66. The molecule has 6 heteroatoms. The largest absolute Gasteiger partial charge is 0.492 e. The van der Waals surface area contributed by atoms with E-state index < -0.39 is 11.8 Å². The van der Waals surface area contributed by atoms with E-state index in [1.165, 1.54) is 0 Å². The summed E-state index contributed by atoms with van der Waals surface area (Å²) in [5.41, 5.74) is 3.18. The van der Waals surface area contributed by atoms with Gasteiger partial charge in [-0.15, -0.1) is 0 Å². The lowest BCUT2D eigenvalue weighted by atomic mass is 10.1. The molecule has 0 radical (unpaired) electrons. The molecule has 0 aromatic heterocycles. The number of nitrogens with zero attached hydrogens (tertiary/aromatic N) is 1. The van der Waals surface area contributed by atoms with E-state index in [0.29, 0.717) is 23.7 Å². The fourth-order valence-electron chi connectivity index (χ4n) is 2.70. The first-order chi connectivity index (χ1) is 12.4. The van der Waals surface area contributed by atoms with Crippen LogP contribution in [0.25, 0.3) is 0 Å². The first kappa shape index (κ1) is 18.0.